The molecule has 1 rings (SSSR count). The highest BCUT2D eigenvalue weighted by Crippen LogP contribution is 2.23. The molecule has 1 aromatic rings. The highest BCUT2D eigenvalue weighted by atomic mass is 32.1. The average molecular weight is 240 g/mol. The Morgan fingerprint density at radius 1 is 1.38 bits per heavy atom. The van der Waals surface area contributed by atoms with Gasteiger partial charge in [-0.05, 0) is 31.4 Å². The van der Waals surface area contributed by atoms with Crippen molar-refractivity contribution >= 4 is 17.3 Å². The number of carbonyl (C=O) groups is 1. The molecule has 0 saturated carbocycles. The number of thiophene rings is 1. The Morgan fingerprint density at radius 2 is 2.12 bits per heavy atom. The van der Waals surface area contributed by atoms with Crippen molar-refractivity contribution in [3.63, 3.8) is 0 Å². The summed E-state index contributed by atoms with van der Waals surface area (Å²) in [4.78, 5) is 13.7. The molecule has 0 bridgehead atoms. The smallest absolute Gasteiger partial charge is 0.348 e. The molecule has 0 amide bonds. The van der Waals surface area contributed by atoms with Crippen molar-refractivity contribution in [3.05, 3.63) is 21.4 Å². The normalized spacial score (nSPS) is 10.4. The predicted molar refractivity (Wildman–Crippen MR) is 68.2 cm³/mol. The van der Waals surface area contributed by atoms with Crippen molar-refractivity contribution in [2.45, 2.75) is 46.5 Å². The van der Waals surface area contributed by atoms with Gasteiger partial charge in [0.05, 0.1) is 6.61 Å². The van der Waals surface area contributed by atoms with Crippen LogP contribution in [0, 0.1) is 6.92 Å². The Morgan fingerprint density at radius 3 is 2.75 bits per heavy atom. The lowest BCUT2D eigenvalue weighted by Crippen LogP contribution is -2.04. The van der Waals surface area contributed by atoms with Crippen LogP contribution >= 0.6 is 11.3 Å². The lowest BCUT2D eigenvalue weighted by molar-refractivity contribution is 0.0505. The number of carbonyl (C=O) groups excluding carboxylic acids is 1. The van der Waals surface area contributed by atoms with Gasteiger partial charge in [0.15, 0.2) is 0 Å². The molecule has 0 saturated heterocycles. The van der Waals surface area contributed by atoms with Crippen molar-refractivity contribution < 1.29 is 9.53 Å². The summed E-state index contributed by atoms with van der Waals surface area (Å²) in [7, 11) is 0. The van der Waals surface area contributed by atoms with Crippen LogP contribution in [-0.4, -0.2) is 12.6 Å². The van der Waals surface area contributed by atoms with Crippen molar-refractivity contribution in [2.75, 3.05) is 6.61 Å². The van der Waals surface area contributed by atoms with Crippen LogP contribution in [0.3, 0.4) is 0 Å². The number of hydrogen-bond acceptors (Lipinski definition) is 3. The monoisotopic (exact) mass is 240 g/mol. The molecule has 0 unspecified atom stereocenters. The van der Waals surface area contributed by atoms with Gasteiger partial charge < -0.3 is 4.74 Å². The van der Waals surface area contributed by atoms with E-state index in [1.807, 2.05) is 6.07 Å². The highest BCUT2D eigenvalue weighted by Gasteiger charge is 2.12. The van der Waals surface area contributed by atoms with Crippen molar-refractivity contribution in [2.24, 2.45) is 0 Å². The number of aryl methyl sites for hydroxylation is 2. The van der Waals surface area contributed by atoms with Gasteiger partial charge in [-0.3, -0.25) is 0 Å². The van der Waals surface area contributed by atoms with Gasteiger partial charge in [-0.1, -0.05) is 26.7 Å². The average Bonchev–Trinajstić information content (AvgIpc) is 2.61. The molecule has 0 atom stereocenters. The lowest BCUT2D eigenvalue weighted by atomic mass is 10.1. The zero-order chi connectivity index (χ0) is 12.0. The zero-order valence-corrected chi connectivity index (χ0v) is 11.2. The number of esters is 1. The van der Waals surface area contributed by atoms with Crippen LogP contribution in [0.2, 0.25) is 0 Å². The third-order valence-electron chi connectivity index (χ3n) is 2.47. The van der Waals surface area contributed by atoms with Gasteiger partial charge >= 0.3 is 5.97 Å². The van der Waals surface area contributed by atoms with Crippen LogP contribution in [0.5, 0.6) is 0 Å². The summed E-state index contributed by atoms with van der Waals surface area (Å²) >= 11 is 1.55. The minimum absolute atomic E-state index is 0.163. The van der Waals surface area contributed by atoms with Crippen LogP contribution < -0.4 is 0 Å². The second-order valence-corrected chi connectivity index (χ2v) is 5.19. The maximum absolute atomic E-state index is 11.7. The number of hydrogen-bond donors (Lipinski definition) is 0. The molecule has 0 fully saturated rings. The van der Waals surface area contributed by atoms with Crippen LogP contribution in [0.1, 0.15) is 53.2 Å². The first-order chi connectivity index (χ1) is 7.69. The molecule has 1 aromatic heterocycles. The molecule has 1 heterocycles. The molecule has 16 heavy (non-hydrogen) atoms. The number of rotatable bonds is 6. The second-order valence-electron chi connectivity index (χ2n) is 3.93. The zero-order valence-electron chi connectivity index (χ0n) is 10.3. The van der Waals surface area contributed by atoms with Gasteiger partial charge in [0, 0.05) is 4.88 Å². The molecule has 0 N–H and O–H groups in total. The predicted octanol–water partition coefficient (Wildman–Crippen LogP) is 3.97. The SMILES string of the molecule is CCCCOC(=O)c1cc(CCC)c(C)s1. The van der Waals surface area contributed by atoms with E-state index in [0.29, 0.717) is 6.61 Å². The van der Waals surface area contributed by atoms with E-state index >= 15 is 0 Å². The Hall–Kier alpha value is -0.830. The fourth-order valence-electron chi connectivity index (χ4n) is 1.52. The van der Waals surface area contributed by atoms with Gasteiger partial charge in [-0.2, -0.15) is 0 Å². The third kappa shape index (κ3) is 3.63. The quantitative estimate of drug-likeness (QED) is 0.555. The summed E-state index contributed by atoms with van der Waals surface area (Å²) in [6.45, 7) is 6.84. The molecular formula is C13H20O2S. The third-order valence-corrected chi connectivity index (χ3v) is 3.54. The van der Waals surface area contributed by atoms with E-state index in [9.17, 15) is 4.79 Å². The number of unbranched alkanes of at least 4 members (excludes halogenated alkanes) is 1. The summed E-state index contributed by atoms with van der Waals surface area (Å²) in [6, 6.07) is 1.98. The van der Waals surface area contributed by atoms with Gasteiger partial charge in [-0.15, -0.1) is 11.3 Å². The molecule has 0 spiro atoms. The van der Waals surface area contributed by atoms with Gasteiger partial charge in [0.2, 0.25) is 0 Å². The number of ether oxygens (including phenoxy) is 1. The van der Waals surface area contributed by atoms with E-state index in [1.54, 1.807) is 11.3 Å². The first kappa shape index (κ1) is 13.2. The molecule has 0 aliphatic carbocycles. The lowest BCUT2D eigenvalue weighted by Gasteiger charge is -2.00. The summed E-state index contributed by atoms with van der Waals surface area (Å²) in [6.07, 6.45) is 4.15. The molecule has 0 radical (unpaired) electrons. The molecule has 3 heteroatoms. The minimum atomic E-state index is -0.163. The van der Waals surface area contributed by atoms with Crippen LogP contribution in [-0.2, 0) is 11.2 Å². The van der Waals surface area contributed by atoms with Crippen LogP contribution in [0.15, 0.2) is 6.07 Å². The Balaban J connectivity index is 2.58. The second kappa shape index (κ2) is 6.69. The highest BCUT2D eigenvalue weighted by molar-refractivity contribution is 7.14. The van der Waals surface area contributed by atoms with Crippen molar-refractivity contribution in [1.29, 1.82) is 0 Å². The molecule has 90 valence electrons. The van der Waals surface area contributed by atoms with Gasteiger partial charge in [-0.25, -0.2) is 4.79 Å². The molecule has 0 aromatic carbocycles. The molecule has 0 aliphatic heterocycles. The van der Waals surface area contributed by atoms with E-state index in [1.165, 1.54) is 10.4 Å². The van der Waals surface area contributed by atoms with E-state index in [2.05, 4.69) is 20.8 Å². The van der Waals surface area contributed by atoms with E-state index in [4.69, 9.17) is 4.74 Å². The molecule has 0 aliphatic rings. The Labute approximate surface area is 102 Å². The van der Waals surface area contributed by atoms with Crippen LogP contribution in [0.4, 0.5) is 0 Å². The van der Waals surface area contributed by atoms with E-state index in [-0.39, 0.29) is 5.97 Å². The fourth-order valence-corrected chi connectivity index (χ4v) is 2.48. The summed E-state index contributed by atoms with van der Waals surface area (Å²) in [5, 5.41) is 0. The van der Waals surface area contributed by atoms with Crippen molar-refractivity contribution in [3.8, 4) is 0 Å². The maximum atomic E-state index is 11.7. The maximum Gasteiger partial charge on any atom is 0.348 e. The molecule has 2 nitrogen and oxygen atoms in total. The fraction of sp³-hybridized carbons (Fsp3) is 0.615. The minimum Gasteiger partial charge on any atom is -0.462 e. The van der Waals surface area contributed by atoms with E-state index in [0.717, 1.165) is 30.6 Å². The van der Waals surface area contributed by atoms with Gasteiger partial charge in [0.1, 0.15) is 4.88 Å². The van der Waals surface area contributed by atoms with Gasteiger partial charge in [0.25, 0.3) is 0 Å². The van der Waals surface area contributed by atoms with Crippen molar-refractivity contribution in [1.82, 2.24) is 0 Å². The summed E-state index contributed by atoms with van der Waals surface area (Å²) < 4.78 is 5.19. The standard InChI is InChI=1S/C13H20O2S/c1-4-6-8-15-13(14)12-9-11(7-5-2)10(3)16-12/h9H,4-8H2,1-3H3. The van der Waals surface area contributed by atoms with Crippen LogP contribution in [0.25, 0.3) is 0 Å². The first-order valence-corrected chi connectivity index (χ1v) is 6.77. The summed E-state index contributed by atoms with van der Waals surface area (Å²) in [5.74, 6) is -0.163. The van der Waals surface area contributed by atoms with E-state index < -0.39 is 0 Å². The topological polar surface area (TPSA) is 26.3 Å². The Bertz CT molecular complexity index is 342. The molecular weight excluding hydrogens is 220 g/mol. The first-order valence-electron chi connectivity index (χ1n) is 5.95. The Kier molecular flexibility index (Phi) is 5.53. The summed E-state index contributed by atoms with van der Waals surface area (Å²) in [5.41, 5.74) is 1.29. The largest absolute Gasteiger partial charge is 0.462 e.